The molecule has 27 heavy (non-hydrogen) atoms. The standard InChI is InChI=1S/C21H27N3O3/c25-21(22-10-11-24-12-14-26-15-13-24)16-23-19-6-8-20(9-7-19)27-17-18-4-2-1-3-5-18/h1-9,23H,10-17H2,(H,22,25). The van der Waals surface area contributed by atoms with Gasteiger partial charge < -0.3 is 20.1 Å². The van der Waals surface area contributed by atoms with Crippen LogP contribution in [0, 0.1) is 0 Å². The first-order chi connectivity index (χ1) is 13.3. The molecule has 2 aromatic rings. The van der Waals surface area contributed by atoms with Crippen LogP contribution >= 0.6 is 0 Å². The highest BCUT2D eigenvalue weighted by Gasteiger charge is 2.10. The van der Waals surface area contributed by atoms with Gasteiger partial charge in [0.25, 0.3) is 0 Å². The fourth-order valence-corrected chi connectivity index (χ4v) is 2.83. The number of ether oxygens (including phenoxy) is 2. The number of nitrogens with one attached hydrogen (secondary N) is 2. The first-order valence-electron chi connectivity index (χ1n) is 9.37. The number of carbonyl (C=O) groups is 1. The van der Waals surface area contributed by atoms with Crippen molar-refractivity contribution in [3.63, 3.8) is 0 Å². The summed E-state index contributed by atoms with van der Waals surface area (Å²) in [4.78, 5) is 14.2. The van der Waals surface area contributed by atoms with E-state index in [1.807, 2.05) is 54.6 Å². The van der Waals surface area contributed by atoms with Crippen LogP contribution in [0.15, 0.2) is 54.6 Å². The van der Waals surface area contributed by atoms with Crippen LogP contribution in [0.5, 0.6) is 5.75 Å². The molecule has 3 rings (SSSR count). The van der Waals surface area contributed by atoms with Gasteiger partial charge in [0.05, 0.1) is 19.8 Å². The minimum Gasteiger partial charge on any atom is -0.489 e. The van der Waals surface area contributed by atoms with Crippen molar-refractivity contribution in [3.8, 4) is 5.75 Å². The molecule has 0 bridgehead atoms. The van der Waals surface area contributed by atoms with Crippen LogP contribution in [-0.4, -0.2) is 56.7 Å². The molecule has 0 radical (unpaired) electrons. The number of hydrogen-bond donors (Lipinski definition) is 2. The number of rotatable bonds is 9. The van der Waals surface area contributed by atoms with Crippen molar-refractivity contribution in [1.82, 2.24) is 10.2 Å². The molecule has 6 nitrogen and oxygen atoms in total. The maximum atomic E-state index is 11.9. The van der Waals surface area contributed by atoms with Crippen molar-refractivity contribution < 1.29 is 14.3 Å². The summed E-state index contributed by atoms with van der Waals surface area (Å²) in [7, 11) is 0. The molecule has 1 amide bonds. The predicted molar refractivity (Wildman–Crippen MR) is 106 cm³/mol. The lowest BCUT2D eigenvalue weighted by atomic mass is 10.2. The molecular weight excluding hydrogens is 342 g/mol. The minimum atomic E-state index is -0.00679. The second-order valence-corrected chi connectivity index (χ2v) is 6.46. The summed E-state index contributed by atoms with van der Waals surface area (Å²) in [6.07, 6.45) is 0. The highest BCUT2D eigenvalue weighted by atomic mass is 16.5. The highest BCUT2D eigenvalue weighted by Crippen LogP contribution is 2.16. The molecule has 6 heteroatoms. The molecule has 0 spiro atoms. The van der Waals surface area contributed by atoms with Gasteiger partial charge in [-0.3, -0.25) is 9.69 Å². The maximum absolute atomic E-state index is 11.9. The number of benzene rings is 2. The molecule has 0 saturated carbocycles. The van der Waals surface area contributed by atoms with E-state index in [9.17, 15) is 4.79 Å². The number of carbonyl (C=O) groups excluding carboxylic acids is 1. The topological polar surface area (TPSA) is 62.8 Å². The summed E-state index contributed by atoms with van der Waals surface area (Å²) in [6.45, 7) is 5.75. The van der Waals surface area contributed by atoms with Gasteiger partial charge in [-0.1, -0.05) is 30.3 Å². The molecular formula is C21H27N3O3. The van der Waals surface area contributed by atoms with E-state index in [-0.39, 0.29) is 12.5 Å². The van der Waals surface area contributed by atoms with E-state index in [0.29, 0.717) is 13.2 Å². The monoisotopic (exact) mass is 369 g/mol. The van der Waals surface area contributed by atoms with Gasteiger partial charge >= 0.3 is 0 Å². The number of morpholine rings is 1. The Morgan fingerprint density at radius 1 is 1.04 bits per heavy atom. The van der Waals surface area contributed by atoms with Crippen LogP contribution in [0.3, 0.4) is 0 Å². The lowest BCUT2D eigenvalue weighted by Gasteiger charge is -2.26. The number of nitrogens with zero attached hydrogens (tertiary/aromatic N) is 1. The predicted octanol–water partition coefficient (Wildman–Crippen LogP) is 2.13. The zero-order valence-electron chi connectivity index (χ0n) is 15.5. The molecule has 1 heterocycles. The summed E-state index contributed by atoms with van der Waals surface area (Å²) in [5, 5.41) is 6.07. The van der Waals surface area contributed by atoms with E-state index in [4.69, 9.17) is 9.47 Å². The van der Waals surface area contributed by atoms with E-state index in [2.05, 4.69) is 15.5 Å². The van der Waals surface area contributed by atoms with Crippen LogP contribution in [0.1, 0.15) is 5.56 Å². The Hall–Kier alpha value is -2.57. The molecule has 1 fully saturated rings. The fourth-order valence-electron chi connectivity index (χ4n) is 2.83. The van der Waals surface area contributed by atoms with Gasteiger partial charge in [-0.25, -0.2) is 0 Å². The van der Waals surface area contributed by atoms with Crippen LogP contribution < -0.4 is 15.4 Å². The summed E-state index contributed by atoms with van der Waals surface area (Å²) >= 11 is 0. The van der Waals surface area contributed by atoms with Gasteiger partial charge in [0.1, 0.15) is 12.4 Å². The van der Waals surface area contributed by atoms with Crippen LogP contribution in [-0.2, 0) is 16.1 Å². The summed E-state index contributed by atoms with van der Waals surface area (Å²) in [5.74, 6) is 0.798. The van der Waals surface area contributed by atoms with Crippen LogP contribution in [0.2, 0.25) is 0 Å². The molecule has 1 aliphatic heterocycles. The molecule has 0 aliphatic carbocycles. The molecule has 0 unspecified atom stereocenters. The summed E-state index contributed by atoms with van der Waals surface area (Å²) < 4.78 is 11.1. The summed E-state index contributed by atoms with van der Waals surface area (Å²) in [5.41, 5.74) is 2.03. The Bertz CT molecular complexity index is 686. The minimum absolute atomic E-state index is 0.00679. The van der Waals surface area contributed by atoms with Crippen molar-refractivity contribution >= 4 is 11.6 Å². The third kappa shape index (κ3) is 6.92. The SMILES string of the molecule is O=C(CNc1ccc(OCc2ccccc2)cc1)NCCN1CCOCC1. The first-order valence-corrected chi connectivity index (χ1v) is 9.37. The average molecular weight is 369 g/mol. The van der Waals surface area contributed by atoms with E-state index in [1.54, 1.807) is 0 Å². The van der Waals surface area contributed by atoms with E-state index < -0.39 is 0 Å². The molecule has 2 aromatic carbocycles. The second-order valence-electron chi connectivity index (χ2n) is 6.46. The number of amides is 1. The largest absolute Gasteiger partial charge is 0.489 e. The molecule has 1 aliphatic rings. The number of hydrogen-bond acceptors (Lipinski definition) is 5. The Morgan fingerprint density at radius 2 is 1.78 bits per heavy atom. The van der Waals surface area contributed by atoms with Crippen molar-refractivity contribution in [3.05, 3.63) is 60.2 Å². The van der Waals surface area contributed by atoms with E-state index in [0.717, 1.165) is 49.8 Å². The third-order valence-corrected chi connectivity index (χ3v) is 4.41. The normalized spacial score (nSPS) is 14.5. The Labute approximate surface area is 160 Å². The third-order valence-electron chi connectivity index (χ3n) is 4.41. The van der Waals surface area contributed by atoms with E-state index >= 15 is 0 Å². The van der Waals surface area contributed by atoms with Gasteiger partial charge in [0.15, 0.2) is 0 Å². The quantitative estimate of drug-likeness (QED) is 0.709. The molecule has 2 N–H and O–H groups in total. The van der Waals surface area contributed by atoms with Gasteiger partial charge in [-0.15, -0.1) is 0 Å². The average Bonchev–Trinajstić information content (AvgIpc) is 2.73. The van der Waals surface area contributed by atoms with Crippen molar-refractivity contribution in [2.45, 2.75) is 6.61 Å². The molecule has 0 aromatic heterocycles. The van der Waals surface area contributed by atoms with Crippen molar-refractivity contribution in [1.29, 1.82) is 0 Å². The lowest BCUT2D eigenvalue weighted by Crippen LogP contribution is -2.42. The van der Waals surface area contributed by atoms with Crippen LogP contribution in [0.4, 0.5) is 5.69 Å². The highest BCUT2D eigenvalue weighted by molar-refractivity contribution is 5.80. The second kappa shape index (κ2) is 10.5. The van der Waals surface area contributed by atoms with Gasteiger partial charge in [0, 0.05) is 31.9 Å². The van der Waals surface area contributed by atoms with Gasteiger partial charge in [-0.05, 0) is 29.8 Å². The smallest absolute Gasteiger partial charge is 0.239 e. The van der Waals surface area contributed by atoms with Crippen molar-refractivity contribution in [2.75, 3.05) is 51.3 Å². The summed E-state index contributed by atoms with van der Waals surface area (Å²) in [6, 6.07) is 17.7. The Balaban J connectivity index is 1.32. The number of anilines is 1. The Kier molecular flexibility index (Phi) is 7.50. The van der Waals surface area contributed by atoms with Gasteiger partial charge in [0.2, 0.25) is 5.91 Å². The van der Waals surface area contributed by atoms with Crippen molar-refractivity contribution in [2.24, 2.45) is 0 Å². The molecule has 0 atom stereocenters. The van der Waals surface area contributed by atoms with Gasteiger partial charge in [-0.2, -0.15) is 0 Å². The zero-order valence-corrected chi connectivity index (χ0v) is 15.5. The molecule has 144 valence electrons. The Morgan fingerprint density at radius 3 is 2.52 bits per heavy atom. The zero-order chi connectivity index (χ0) is 18.7. The first kappa shape index (κ1) is 19.2. The fraction of sp³-hybridized carbons (Fsp3) is 0.381. The molecule has 1 saturated heterocycles. The lowest BCUT2D eigenvalue weighted by molar-refractivity contribution is -0.119. The van der Waals surface area contributed by atoms with Crippen LogP contribution in [0.25, 0.3) is 0 Å². The van der Waals surface area contributed by atoms with E-state index in [1.165, 1.54) is 0 Å². The maximum Gasteiger partial charge on any atom is 0.239 e.